The van der Waals surface area contributed by atoms with Gasteiger partial charge in [-0.15, -0.1) is 0 Å². The van der Waals surface area contributed by atoms with Gasteiger partial charge in [0.05, 0.1) is 5.69 Å². The molecule has 1 aliphatic rings. The van der Waals surface area contributed by atoms with Gasteiger partial charge in [0.15, 0.2) is 5.76 Å². The maximum absolute atomic E-state index is 9.19. The molecule has 3 rings (SSSR count). The summed E-state index contributed by atoms with van der Waals surface area (Å²) in [6.07, 6.45) is 4.51. The van der Waals surface area contributed by atoms with Crippen molar-refractivity contribution >= 4 is 0 Å². The summed E-state index contributed by atoms with van der Waals surface area (Å²) in [5, 5.41) is 13.4. The summed E-state index contributed by atoms with van der Waals surface area (Å²) >= 11 is 0. The molecule has 1 saturated heterocycles. The Balaban J connectivity index is 1.69. The van der Waals surface area contributed by atoms with E-state index in [0.717, 1.165) is 36.5 Å². The fourth-order valence-electron chi connectivity index (χ4n) is 3.08. The summed E-state index contributed by atoms with van der Waals surface area (Å²) < 4.78 is 5.46. The number of rotatable bonds is 5. The van der Waals surface area contributed by atoms with Crippen LogP contribution in [0.4, 0.5) is 0 Å². The molecule has 2 aromatic rings. The van der Waals surface area contributed by atoms with E-state index >= 15 is 0 Å². The molecule has 0 radical (unpaired) electrons. The van der Waals surface area contributed by atoms with Crippen LogP contribution in [0, 0.1) is 0 Å². The van der Waals surface area contributed by atoms with E-state index in [2.05, 4.69) is 10.1 Å². The summed E-state index contributed by atoms with van der Waals surface area (Å²) in [6, 6.07) is 12.5. The predicted octanol–water partition coefficient (Wildman–Crippen LogP) is 3.08. The van der Waals surface area contributed by atoms with Gasteiger partial charge in [-0.05, 0) is 25.8 Å². The van der Waals surface area contributed by atoms with Crippen LogP contribution in [0.1, 0.15) is 31.4 Å². The summed E-state index contributed by atoms with van der Waals surface area (Å²) in [7, 11) is 0. The highest BCUT2D eigenvalue weighted by molar-refractivity contribution is 5.56. The zero-order chi connectivity index (χ0) is 14.5. The second kappa shape index (κ2) is 6.87. The van der Waals surface area contributed by atoms with Crippen molar-refractivity contribution in [3.63, 3.8) is 0 Å². The van der Waals surface area contributed by atoms with E-state index in [9.17, 15) is 5.11 Å². The maximum atomic E-state index is 9.19. The van der Waals surface area contributed by atoms with Crippen LogP contribution in [0.25, 0.3) is 11.3 Å². The molecule has 1 aliphatic heterocycles. The quantitative estimate of drug-likeness (QED) is 0.917. The van der Waals surface area contributed by atoms with E-state index in [-0.39, 0.29) is 6.61 Å². The van der Waals surface area contributed by atoms with Gasteiger partial charge in [-0.25, -0.2) is 0 Å². The van der Waals surface area contributed by atoms with E-state index in [0.29, 0.717) is 6.04 Å². The van der Waals surface area contributed by atoms with Crippen LogP contribution in [-0.4, -0.2) is 34.4 Å². The van der Waals surface area contributed by atoms with Gasteiger partial charge in [0.1, 0.15) is 0 Å². The zero-order valence-electron chi connectivity index (χ0n) is 12.2. The van der Waals surface area contributed by atoms with Crippen molar-refractivity contribution in [2.24, 2.45) is 0 Å². The van der Waals surface area contributed by atoms with Crippen LogP contribution >= 0.6 is 0 Å². The number of aliphatic hydroxyl groups excluding tert-OH is 1. The van der Waals surface area contributed by atoms with E-state index in [1.807, 2.05) is 36.4 Å². The fraction of sp³-hybridized carbons (Fsp3) is 0.471. The molecule has 4 heteroatoms. The lowest BCUT2D eigenvalue weighted by atomic mass is 9.99. The highest BCUT2D eigenvalue weighted by Gasteiger charge is 2.23. The van der Waals surface area contributed by atoms with Crippen LogP contribution in [0.3, 0.4) is 0 Å². The first kappa shape index (κ1) is 14.3. The Morgan fingerprint density at radius 3 is 2.90 bits per heavy atom. The topological polar surface area (TPSA) is 49.5 Å². The molecule has 0 spiro atoms. The van der Waals surface area contributed by atoms with Crippen molar-refractivity contribution < 1.29 is 9.63 Å². The Labute approximate surface area is 125 Å². The average Bonchev–Trinajstić information content (AvgIpc) is 2.99. The van der Waals surface area contributed by atoms with Crippen LogP contribution < -0.4 is 0 Å². The molecule has 4 nitrogen and oxygen atoms in total. The SMILES string of the molecule is OCCC1CCCCN1Cc1cc(-c2ccccc2)on1. The molecule has 1 fully saturated rings. The van der Waals surface area contributed by atoms with Gasteiger partial charge in [-0.1, -0.05) is 41.9 Å². The van der Waals surface area contributed by atoms with Crippen molar-refractivity contribution in [3.05, 3.63) is 42.1 Å². The van der Waals surface area contributed by atoms with Gasteiger partial charge in [0, 0.05) is 30.8 Å². The smallest absolute Gasteiger partial charge is 0.167 e. The predicted molar refractivity (Wildman–Crippen MR) is 81.7 cm³/mol. The van der Waals surface area contributed by atoms with E-state index < -0.39 is 0 Å². The van der Waals surface area contributed by atoms with Crippen LogP contribution in [-0.2, 0) is 6.54 Å². The Hall–Kier alpha value is -1.65. The molecule has 1 atom stereocenters. The second-order valence-corrected chi connectivity index (χ2v) is 5.68. The van der Waals surface area contributed by atoms with Gasteiger partial charge in [0.2, 0.25) is 0 Å². The number of aromatic nitrogens is 1. The van der Waals surface area contributed by atoms with Crippen LogP contribution in [0.5, 0.6) is 0 Å². The van der Waals surface area contributed by atoms with Crippen LogP contribution in [0.15, 0.2) is 40.9 Å². The molecule has 1 N–H and O–H groups in total. The molecule has 2 heterocycles. The minimum atomic E-state index is 0.259. The second-order valence-electron chi connectivity index (χ2n) is 5.68. The molecule has 21 heavy (non-hydrogen) atoms. The molecule has 1 unspecified atom stereocenters. The third-order valence-corrected chi connectivity index (χ3v) is 4.19. The van der Waals surface area contributed by atoms with Gasteiger partial charge < -0.3 is 9.63 Å². The summed E-state index contributed by atoms with van der Waals surface area (Å²) in [6.45, 7) is 2.15. The van der Waals surface area contributed by atoms with Gasteiger partial charge >= 0.3 is 0 Å². The average molecular weight is 286 g/mol. The molecule has 0 bridgehead atoms. The maximum Gasteiger partial charge on any atom is 0.167 e. The molecule has 0 amide bonds. The van der Waals surface area contributed by atoms with Crippen molar-refractivity contribution in [2.75, 3.05) is 13.2 Å². The zero-order valence-corrected chi connectivity index (χ0v) is 12.2. The first-order valence-corrected chi connectivity index (χ1v) is 7.73. The monoisotopic (exact) mass is 286 g/mol. The fourth-order valence-corrected chi connectivity index (χ4v) is 3.08. The summed E-state index contributed by atoms with van der Waals surface area (Å²) in [5.41, 5.74) is 2.03. The van der Waals surface area contributed by atoms with Gasteiger partial charge in [0.25, 0.3) is 0 Å². The van der Waals surface area contributed by atoms with E-state index in [4.69, 9.17) is 4.52 Å². The van der Waals surface area contributed by atoms with Crippen molar-refractivity contribution in [3.8, 4) is 11.3 Å². The number of aliphatic hydroxyl groups is 1. The highest BCUT2D eigenvalue weighted by atomic mass is 16.5. The van der Waals surface area contributed by atoms with E-state index in [1.54, 1.807) is 0 Å². The molecule has 1 aromatic heterocycles. The number of benzene rings is 1. The normalized spacial score (nSPS) is 19.8. The lowest BCUT2D eigenvalue weighted by molar-refractivity contribution is 0.110. The molecular weight excluding hydrogens is 264 g/mol. The Morgan fingerprint density at radius 2 is 2.10 bits per heavy atom. The van der Waals surface area contributed by atoms with Gasteiger partial charge in [-0.3, -0.25) is 4.90 Å². The minimum Gasteiger partial charge on any atom is -0.396 e. The Bertz CT molecular complexity index is 551. The highest BCUT2D eigenvalue weighted by Crippen LogP contribution is 2.24. The lowest BCUT2D eigenvalue weighted by Crippen LogP contribution is -2.39. The Kier molecular flexibility index (Phi) is 4.68. The number of hydrogen-bond acceptors (Lipinski definition) is 4. The van der Waals surface area contributed by atoms with E-state index in [1.165, 1.54) is 19.3 Å². The molecular formula is C17H22N2O2. The first-order chi connectivity index (χ1) is 10.4. The molecule has 0 aliphatic carbocycles. The first-order valence-electron chi connectivity index (χ1n) is 7.73. The summed E-state index contributed by atoms with van der Waals surface area (Å²) in [5.74, 6) is 0.821. The molecule has 1 aromatic carbocycles. The van der Waals surface area contributed by atoms with Gasteiger partial charge in [-0.2, -0.15) is 0 Å². The summed E-state index contributed by atoms with van der Waals surface area (Å²) in [4.78, 5) is 2.42. The van der Waals surface area contributed by atoms with Crippen molar-refractivity contribution in [1.82, 2.24) is 10.1 Å². The van der Waals surface area contributed by atoms with Crippen LogP contribution in [0.2, 0.25) is 0 Å². The third-order valence-electron chi connectivity index (χ3n) is 4.19. The minimum absolute atomic E-state index is 0.259. The molecule has 0 saturated carbocycles. The van der Waals surface area contributed by atoms with Crippen molar-refractivity contribution in [1.29, 1.82) is 0 Å². The standard InChI is InChI=1S/C17H22N2O2/c20-11-9-16-8-4-5-10-19(16)13-15-12-17(21-18-15)14-6-2-1-3-7-14/h1-3,6-7,12,16,20H,4-5,8-11,13H2. The number of piperidine rings is 1. The molecule has 112 valence electrons. The number of hydrogen-bond donors (Lipinski definition) is 1. The Morgan fingerprint density at radius 1 is 1.24 bits per heavy atom. The number of nitrogens with zero attached hydrogens (tertiary/aromatic N) is 2. The largest absolute Gasteiger partial charge is 0.396 e. The lowest BCUT2D eigenvalue weighted by Gasteiger charge is -2.34. The van der Waals surface area contributed by atoms with Crippen molar-refractivity contribution in [2.45, 2.75) is 38.3 Å². The number of likely N-dealkylation sites (tertiary alicyclic amines) is 1. The third kappa shape index (κ3) is 3.52.